The zero-order valence-electron chi connectivity index (χ0n) is 10.8. The Morgan fingerprint density at radius 3 is 2.63 bits per heavy atom. The number of anilines is 1. The van der Waals surface area contributed by atoms with Crippen LogP contribution in [0.5, 0.6) is 0 Å². The molecule has 0 aliphatic rings. The average molecular weight is 301 g/mol. The fraction of sp³-hybridized carbons (Fsp3) is 0.364. The van der Waals surface area contributed by atoms with Crippen molar-refractivity contribution in [1.29, 1.82) is 0 Å². The first-order valence-electron chi connectivity index (χ1n) is 5.56. The molecule has 6 nitrogen and oxygen atoms in total. The molecule has 0 radical (unpaired) electrons. The summed E-state index contributed by atoms with van der Waals surface area (Å²) in [5.41, 5.74) is 1.35. The molecule has 2 N–H and O–H groups in total. The summed E-state index contributed by atoms with van der Waals surface area (Å²) in [7, 11) is -1.98. The summed E-state index contributed by atoms with van der Waals surface area (Å²) in [6.45, 7) is 3.51. The molecule has 2 aromatic rings. The van der Waals surface area contributed by atoms with E-state index in [0.717, 1.165) is 10.6 Å². The van der Waals surface area contributed by atoms with Crippen molar-refractivity contribution in [3.8, 4) is 0 Å². The Bertz CT molecular complexity index is 681. The van der Waals surface area contributed by atoms with Gasteiger partial charge in [-0.1, -0.05) is 0 Å². The standard InChI is InChI=1S/C11H15N3O3S2/c1-7-8(2)18-11(12-7)13-19(16,17)10-4-9(6-15)14(3)5-10/h4-5,15H,6H2,1-3H3,(H,12,13). The largest absolute Gasteiger partial charge is 0.390 e. The maximum Gasteiger partial charge on any atom is 0.265 e. The number of thiazole rings is 1. The van der Waals surface area contributed by atoms with Gasteiger partial charge in [-0.25, -0.2) is 13.4 Å². The van der Waals surface area contributed by atoms with Crippen molar-refractivity contribution >= 4 is 26.5 Å². The molecule has 0 atom stereocenters. The van der Waals surface area contributed by atoms with Crippen LogP contribution in [0.4, 0.5) is 5.13 Å². The van der Waals surface area contributed by atoms with Gasteiger partial charge in [0, 0.05) is 23.8 Å². The number of nitrogens with zero attached hydrogens (tertiary/aromatic N) is 2. The minimum atomic E-state index is -3.66. The molecule has 0 aliphatic heterocycles. The van der Waals surface area contributed by atoms with Gasteiger partial charge >= 0.3 is 0 Å². The lowest BCUT2D eigenvalue weighted by atomic mass is 10.4. The summed E-state index contributed by atoms with van der Waals surface area (Å²) in [6.07, 6.45) is 1.46. The second kappa shape index (κ2) is 4.95. The molecule has 2 aromatic heterocycles. The molecular weight excluding hydrogens is 286 g/mol. The van der Waals surface area contributed by atoms with E-state index in [-0.39, 0.29) is 11.5 Å². The van der Waals surface area contributed by atoms with Crippen molar-refractivity contribution < 1.29 is 13.5 Å². The molecule has 2 rings (SSSR count). The molecule has 8 heteroatoms. The van der Waals surface area contributed by atoms with Gasteiger partial charge in [-0.05, 0) is 19.9 Å². The average Bonchev–Trinajstić information content (AvgIpc) is 2.83. The van der Waals surface area contributed by atoms with E-state index in [1.807, 2.05) is 13.8 Å². The van der Waals surface area contributed by atoms with Gasteiger partial charge in [0.1, 0.15) is 4.90 Å². The van der Waals surface area contributed by atoms with E-state index in [4.69, 9.17) is 5.11 Å². The van der Waals surface area contributed by atoms with Crippen LogP contribution in [0.3, 0.4) is 0 Å². The predicted octanol–water partition coefficient (Wildman–Crippen LogP) is 1.39. The van der Waals surface area contributed by atoms with Crippen LogP contribution in [0.25, 0.3) is 0 Å². The number of nitrogens with one attached hydrogen (secondary N) is 1. The summed E-state index contributed by atoms with van der Waals surface area (Å²) >= 11 is 1.30. The molecule has 0 saturated heterocycles. The molecule has 104 valence electrons. The number of hydrogen-bond acceptors (Lipinski definition) is 5. The van der Waals surface area contributed by atoms with Gasteiger partial charge in [0.15, 0.2) is 5.13 Å². The number of aliphatic hydroxyl groups is 1. The Hall–Kier alpha value is -1.38. The van der Waals surface area contributed by atoms with Crippen molar-refractivity contribution in [2.45, 2.75) is 25.3 Å². The molecule has 2 heterocycles. The molecule has 0 aromatic carbocycles. The topological polar surface area (TPSA) is 84.2 Å². The van der Waals surface area contributed by atoms with Crippen molar-refractivity contribution in [1.82, 2.24) is 9.55 Å². The van der Waals surface area contributed by atoms with E-state index in [0.29, 0.717) is 10.8 Å². The van der Waals surface area contributed by atoms with Crippen LogP contribution in [0, 0.1) is 13.8 Å². The minimum absolute atomic E-state index is 0.115. The lowest BCUT2D eigenvalue weighted by Crippen LogP contribution is -2.12. The van der Waals surface area contributed by atoms with Crippen molar-refractivity contribution in [3.63, 3.8) is 0 Å². The van der Waals surface area contributed by atoms with Crippen LogP contribution in [0.2, 0.25) is 0 Å². The van der Waals surface area contributed by atoms with Crippen molar-refractivity contribution in [2.24, 2.45) is 7.05 Å². The molecule has 0 spiro atoms. The third-order valence-electron chi connectivity index (χ3n) is 2.81. The Kier molecular flexibility index (Phi) is 3.66. The Morgan fingerprint density at radius 2 is 2.16 bits per heavy atom. The van der Waals surface area contributed by atoms with Gasteiger partial charge in [0.2, 0.25) is 0 Å². The highest BCUT2D eigenvalue weighted by Gasteiger charge is 2.19. The lowest BCUT2D eigenvalue weighted by Gasteiger charge is -2.01. The van der Waals surface area contributed by atoms with E-state index >= 15 is 0 Å². The Labute approximate surface area is 115 Å². The van der Waals surface area contributed by atoms with Crippen LogP contribution in [0.1, 0.15) is 16.3 Å². The highest BCUT2D eigenvalue weighted by molar-refractivity contribution is 7.93. The van der Waals surface area contributed by atoms with Gasteiger partial charge < -0.3 is 9.67 Å². The van der Waals surface area contributed by atoms with Gasteiger partial charge in [0.05, 0.1) is 12.3 Å². The summed E-state index contributed by atoms with van der Waals surface area (Å²) < 4.78 is 28.4. The first kappa shape index (κ1) is 14.0. The Balaban J connectivity index is 2.31. The van der Waals surface area contributed by atoms with E-state index in [2.05, 4.69) is 9.71 Å². The first-order valence-corrected chi connectivity index (χ1v) is 7.86. The van der Waals surface area contributed by atoms with E-state index in [9.17, 15) is 8.42 Å². The fourth-order valence-corrected chi connectivity index (χ4v) is 3.71. The van der Waals surface area contributed by atoms with Gasteiger partial charge in [0.25, 0.3) is 10.0 Å². The monoisotopic (exact) mass is 301 g/mol. The Morgan fingerprint density at radius 1 is 1.47 bits per heavy atom. The van der Waals surface area contributed by atoms with Crippen molar-refractivity contribution in [3.05, 3.63) is 28.5 Å². The molecule has 19 heavy (non-hydrogen) atoms. The molecule has 0 unspecified atom stereocenters. The van der Waals surface area contributed by atoms with Gasteiger partial charge in [-0.2, -0.15) is 0 Å². The minimum Gasteiger partial charge on any atom is -0.390 e. The highest BCUT2D eigenvalue weighted by Crippen LogP contribution is 2.24. The summed E-state index contributed by atoms with van der Waals surface area (Å²) in [4.78, 5) is 5.23. The van der Waals surface area contributed by atoms with E-state index in [1.165, 1.54) is 23.6 Å². The predicted molar refractivity (Wildman–Crippen MR) is 73.7 cm³/mol. The van der Waals surface area contributed by atoms with E-state index in [1.54, 1.807) is 11.6 Å². The normalized spacial score (nSPS) is 11.8. The summed E-state index contributed by atoms with van der Waals surface area (Å²) in [5, 5.41) is 9.43. The number of aryl methyl sites for hydroxylation is 3. The quantitative estimate of drug-likeness (QED) is 0.894. The molecular formula is C11H15N3O3S2. The number of aromatic nitrogens is 2. The van der Waals surface area contributed by atoms with Crippen LogP contribution >= 0.6 is 11.3 Å². The molecule has 0 bridgehead atoms. The van der Waals surface area contributed by atoms with E-state index < -0.39 is 10.0 Å². The highest BCUT2D eigenvalue weighted by atomic mass is 32.2. The molecule has 0 aliphatic carbocycles. The van der Waals surface area contributed by atoms with Gasteiger partial charge in [-0.15, -0.1) is 11.3 Å². The SMILES string of the molecule is Cc1nc(NS(=O)(=O)c2cc(CO)n(C)c2)sc1C. The second-order valence-electron chi connectivity index (χ2n) is 4.20. The van der Waals surface area contributed by atoms with Crippen LogP contribution in [0.15, 0.2) is 17.2 Å². The molecule has 0 amide bonds. The molecule has 0 saturated carbocycles. The van der Waals surface area contributed by atoms with Crippen LogP contribution in [-0.2, 0) is 23.7 Å². The second-order valence-corrected chi connectivity index (χ2v) is 7.09. The first-order chi connectivity index (χ1) is 8.83. The van der Waals surface area contributed by atoms with Gasteiger partial charge in [-0.3, -0.25) is 4.72 Å². The third kappa shape index (κ3) is 2.80. The summed E-state index contributed by atoms with van der Waals surface area (Å²) in [6, 6.07) is 1.44. The van der Waals surface area contributed by atoms with Crippen LogP contribution < -0.4 is 4.72 Å². The summed E-state index contributed by atoms with van der Waals surface area (Å²) in [5.74, 6) is 0. The maximum atomic E-state index is 12.2. The number of rotatable bonds is 4. The maximum absolute atomic E-state index is 12.2. The van der Waals surface area contributed by atoms with Crippen molar-refractivity contribution in [2.75, 3.05) is 4.72 Å². The number of hydrogen-bond donors (Lipinski definition) is 2. The molecule has 0 fully saturated rings. The fourth-order valence-electron chi connectivity index (χ4n) is 1.57. The lowest BCUT2D eigenvalue weighted by molar-refractivity contribution is 0.272. The zero-order valence-corrected chi connectivity index (χ0v) is 12.5. The zero-order chi connectivity index (χ0) is 14.2. The number of sulfonamides is 1. The third-order valence-corrected chi connectivity index (χ3v) is 5.23. The van der Waals surface area contributed by atoms with Crippen LogP contribution in [-0.4, -0.2) is 23.1 Å². The number of aliphatic hydroxyl groups excluding tert-OH is 1. The smallest absolute Gasteiger partial charge is 0.265 e.